The van der Waals surface area contributed by atoms with Crippen LogP contribution in [0.15, 0.2) is 53.6 Å². The van der Waals surface area contributed by atoms with Gasteiger partial charge in [-0.05, 0) is 38.1 Å². The summed E-state index contributed by atoms with van der Waals surface area (Å²) in [6.07, 6.45) is 3.48. The first-order valence-electron chi connectivity index (χ1n) is 6.45. The number of benzene rings is 1. The minimum Gasteiger partial charge on any atom is -0.312 e. The van der Waals surface area contributed by atoms with E-state index in [9.17, 15) is 4.79 Å². The van der Waals surface area contributed by atoms with Crippen LogP contribution in [0.1, 0.15) is 11.3 Å². The minimum atomic E-state index is -0.140. The monoisotopic (exact) mass is 265 g/mol. The van der Waals surface area contributed by atoms with Gasteiger partial charge in [0, 0.05) is 23.7 Å². The topological polar surface area (TPSA) is 50.7 Å². The average molecular weight is 265 g/mol. The number of pyridine rings is 1. The molecule has 0 unspecified atom stereocenters. The lowest BCUT2D eigenvalue weighted by Gasteiger charge is -2.08. The third-order valence-electron chi connectivity index (χ3n) is 3.26. The van der Waals surface area contributed by atoms with Crippen molar-refractivity contribution < 1.29 is 0 Å². The number of aryl methyl sites for hydroxylation is 2. The van der Waals surface area contributed by atoms with Crippen LogP contribution in [0, 0.1) is 13.8 Å². The molecule has 20 heavy (non-hydrogen) atoms. The average Bonchev–Trinajstić information content (AvgIpc) is 2.82. The molecule has 3 rings (SSSR count). The molecule has 4 nitrogen and oxygen atoms in total. The van der Waals surface area contributed by atoms with E-state index in [-0.39, 0.29) is 5.69 Å². The zero-order valence-electron chi connectivity index (χ0n) is 11.4. The molecule has 4 heteroatoms. The summed E-state index contributed by atoms with van der Waals surface area (Å²) in [6.45, 7) is 3.96. The van der Waals surface area contributed by atoms with E-state index in [4.69, 9.17) is 0 Å². The molecule has 0 atom stereocenters. The van der Waals surface area contributed by atoms with Gasteiger partial charge in [0.05, 0.1) is 11.4 Å². The van der Waals surface area contributed by atoms with Crippen molar-refractivity contribution in [2.24, 2.45) is 0 Å². The Bertz CT molecular complexity index is 797. The van der Waals surface area contributed by atoms with Gasteiger partial charge in [-0.25, -0.2) is 4.79 Å². The van der Waals surface area contributed by atoms with Gasteiger partial charge >= 0.3 is 5.69 Å². The van der Waals surface area contributed by atoms with Gasteiger partial charge in [-0.15, -0.1) is 0 Å². The third kappa shape index (κ3) is 2.16. The Morgan fingerprint density at radius 1 is 1.10 bits per heavy atom. The molecular weight excluding hydrogens is 250 g/mol. The van der Waals surface area contributed by atoms with Crippen molar-refractivity contribution in [2.75, 3.05) is 0 Å². The van der Waals surface area contributed by atoms with Crippen LogP contribution >= 0.6 is 0 Å². The fourth-order valence-corrected chi connectivity index (χ4v) is 2.24. The number of H-pyrrole nitrogens is 1. The van der Waals surface area contributed by atoms with Gasteiger partial charge in [0.25, 0.3) is 0 Å². The molecule has 0 radical (unpaired) electrons. The highest BCUT2D eigenvalue weighted by atomic mass is 16.1. The van der Waals surface area contributed by atoms with Gasteiger partial charge in [-0.1, -0.05) is 17.7 Å². The van der Waals surface area contributed by atoms with E-state index in [0.717, 1.165) is 22.6 Å². The summed E-state index contributed by atoms with van der Waals surface area (Å²) >= 11 is 0. The van der Waals surface area contributed by atoms with E-state index in [2.05, 4.69) is 9.97 Å². The molecule has 0 amide bonds. The van der Waals surface area contributed by atoms with E-state index < -0.39 is 0 Å². The molecule has 2 aromatic heterocycles. The van der Waals surface area contributed by atoms with E-state index in [1.807, 2.05) is 50.2 Å². The minimum absolute atomic E-state index is 0.140. The maximum atomic E-state index is 12.1. The molecule has 100 valence electrons. The third-order valence-corrected chi connectivity index (χ3v) is 3.26. The van der Waals surface area contributed by atoms with Crippen LogP contribution in [-0.4, -0.2) is 14.5 Å². The number of imidazole rings is 1. The first kappa shape index (κ1) is 12.4. The molecule has 0 saturated carbocycles. The van der Waals surface area contributed by atoms with Gasteiger partial charge in [-0.3, -0.25) is 9.55 Å². The summed E-state index contributed by atoms with van der Waals surface area (Å²) in [5, 5.41) is 0. The van der Waals surface area contributed by atoms with Crippen molar-refractivity contribution in [3.05, 3.63) is 70.5 Å². The first-order chi connectivity index (χ1) is 9.65. The lowest BCUT2D eigenvalue weighted by molar-refractivity contribution is 0.990. The van der Waals surface area contributed by atoms with Crippen LogP contribution < -0.4 is 5.69 Å². The fourth-order valence-electron chi connectivity index (χ4n) is 2.24. The lowest BCUT2D eigenvalue weighted by Crippen LogP contribution is -2.15. The van der Waals surface area contributed by atoms with Crippen LogP contribution in [0.25, 0.3) is 16.9 Å². The van der Waals surface area contributed by atoms with Crippen molar-refractivity contribution >= 4 is 0 Å². The van der Waals surface area contributed by atoms with E-state index in [1.54, 1.807) is 17.0 Å². The molecule has 0 aliphatic heterocycles. The smallest absolute Gasteiger partial charge is 0.312 e. The molecule has 1 N–H and O–H groups in total. The Morgan fingerprint density at radius 3 is 2.55 bits per heavy atom. The molecule has 0 fully saturated rings. The van der Waals surface area contributed by atoms with Gasteiger partial charge in [-0.2, -0.15) is 0 Å². The molecule has 2 heterocycles. The van der Waals surface area contributed by atoms with Gasteiger partial charge < -0.3 is 4.98 Å². The maximum Gasteiger partial charge on any atom is 0.330 e. The number of aromatic nitrogens is 3. The lowest BCUT2D eigenvalue weighted by atomic mass is 10.1. The highest BCUT2D eigenvalue weighted by Crippen LogP contribution is 2.21. The van der Waals surface area contributed by atoms with Crippen molar-refractivity contribution in [3.63, 3.8) is 0 Å². The second kappa shape index (κ2) is 4.81. The van der Waals surface area contributed by atoms with Crippen LogP contribution in [0.2, 0.25) is 0 Å². The summed E-state index contributed by atoms with van der Waals surface area (Å²) in [5.74, 6) is 0. The van der Waals surface area contributed by atoms with Gasteiger partial charge in [0.15, 0.2) is 0 Å². The molecule has 0 spiro atoms. The highest BCUT2D eigenvalue weighted by molar-refractivity contribution is 5.61. The molecule has 0 bridgehead atoms. The molecule has 3 aromatic rings. The molecule has 0 aliphatic rings. The number of aromatic amines is 1. The molecule has 0 saturated heterocycles. The number of nitrogens with zero attached hydrogens (tertiary/aromatic N) is 2. The molecule has 0 aliphatic carbocycles. The SMILES string of the molecule is Cc1ccc(-n2c(-c3ccnc(C)c3)c[nH]c2=O)cc1. The van der Waals surface area contributed by atoms with Crippen molar-refractivity contribution in [1.29, 1.82) is 0 Å². The van der Waals surface area contributed by atoms with E-state index >= 15 is 0 Å². The number of rotatable bonds is 2. The van der Waals surface area contributed by atoms with Gasteiger partial charge in [0.1, 0.15) is 0 Å². The number of hydrogen-bond donors (Lipinski definition) is 1. The standard InChI is InChI=1S/C16H15N3O/c1-11-3-5-14(6-4-11)19-15(10-18-16(19)20)13-7-8-17-12(2)9-13/h3-10H,1-2H3,(H,18,20). The van der Waals surface area contributed by atoms with E-state index in [1.165, 1.54) is 5.56 Å². The quantitative estimate of drug-likeness (QED) is 0.774. The van der Waals surface area contributed by atoms with Gasteiger partial charge in [0.2, 0.25) is 0 Å². The largest absolute Gasteiger partial charge is 0.330 e. The van der Waals surface area contributed by atoms with Crippen LogP contribution in [-0.2, 0) is 0 Å². The predicted octanol–water partition coefficient (Wildman–Crippen LogP) is 2.84. The van der Waals surface area contributed by atoms with Crippen LogP contribution in [0.3, 0.4) is 0 Å². The summed E-state index contributed by atoms with van der Waals surface area (Å²) in [4.78, 5) is 19.0. The van der Waals surface area contributed by atoms with Crippen molar-refractivity contribution in [2.45, 2.75) is 13.8 Å². The van der Waals surface area contributed by atoms with Crippen LogP contribution in [0.5, 0.6) is 0 Å². The fraction of sp³-hybridized carbons (Fsp3) is 0.125. The first-order valence-corrected chi connectivity index (χ1v) is 6.45. The Labute approximate surface area is 116 Å². The normalized spacial score (nSPS) is 10.7. The van der Waals surface area contributed by atoms with E-state index in [0.29, 0.717) is 0 Å². The van der Waals surface area contributed by atoms with Crippen molar-refractivity contribution in [3.8, 4) is 16.9 Å². The maximum absolute atomic E-state index is 12.1. The summed E-state index contributed by atoms with van der Waals surface area (Å²) in [5.41, 5.74) is 4.61. The molecular formula is C16H15N3O. The zero-order chi connectivity index (χ0) is 14.1. The number of nitrogens with one attached hydrogen (secondary N) is 1. The highest BCUT2D eigenvalue weighted by Gasteiger charge is 2.10. The second-order valence-corrected chi connectivity index (χ2v) is 4.84. The Kier molecular flexibility index (Phi) is 2.99. The van der Waals surface area contributed by atoms with Crippen molar-refractivity contribution in [1.82, 2.24) is 14.5 Å². The zero-order valence-corrected chi connectivity index (χ0v) is 11.4. The van der Waals surface area contributed by atoms with Crippen LogP contribution in [0.4, 0.5) is 0 Å². The summed E-state index contributed by atoms with van der Waals surface area (Å²) < 4.78 is 1.67. The Balaban J connectivity index is 2.20. The summed E-state index contributed by atoms with van der Waals surface area (Å²) in [6, 6.07) is 11.8. The second-order valence-electron chi connectivity index (χ2n) is 4.84. The Morgan fingerprint density at radius 2 is 1.85 bits per heavy atom. The summed E-state index contributed by atoms with van der Waals surface area (Å²) in [7, 11) is 0. The predicted molar refractivity (Wildman–Crippen MR) is 79.1 cm³/mol. The molecule has 1 aromatic carbocycles. The Hall–Kier alpha value is -2.62. The number of hydrogen-bond acceptors (Lipinski definition) is 2.